The molecule has 0 aliphatic rings. The van der Waals surface area contributed by atoms with Crippen LogP contribution in [-0.2, 0) is 4.79 Å². The van der Waals surface area contributed by atoms with Crippen molar-refractivity contribution in [1.82, 2.24) is 0 Å². The second kappa shape index (κ2) is 5.27. The number of halogens is 1. The lowest BCUT2D eigenvalue weighted by Gasteiger charge is -2.00. The molecule has 0 aromatic carbocycles. The maximum Gasteiger partial charge on any atom is 0.170 e. The topological polar surface area (TPSA) is 43.1 Å². The van der Waals surface area contributed by atoms with Crippen LogP contribution < -0.4 is 5.73 Å². The zero-order valence-corrected chi connectivity index (χ0v) is 7.84. The first-order valence-electron chi connectivity index (χ1n) is 3.09. The van der Waals surface area contributed by atoms with Crippen molar-refractivity contribution in [1.29, 1.82) is 0 Å². The molecule has 2 nitrogen and oxygen atoms in total. The molecule has 0 heterocycles. The van der Waals surface area contributed by atoms with Gasteiger partial charge in [0.05, 0.1) is 9.27 Å². The lowest BCUT2D eigenvalue weighted by Crippen LogP contribution is -1.99. The molecule has 0 spiro atoms. The second-order valence-electron chi connectivity index (χ2n) is 1.76. The van der Waals surface area contributed by atoms with Gasteiger partial charge >= 0.3 is 0 Å². The molecule has 0 aromatic heterocycles. The molecule has 0 atom stereocenters. The second-order valence-corrected chi connectivity index (χ2v) is 3.58. The standard InChI is InChI=1S/C7H10ClNOS/c1-3-6(10)7(4-9)11-5(2)8/h4H,2-3,9H2,1H3/b7-4-. The molecule has 62 valence electrons. The summed E-state index contributed by atoms with van der Waals surface area (Å²) in [7, 11) is 0. The Kier molecular flexibility index (Phi) is 5.07. The van der Waals surface area contributed by atoms with Crippen molar-refractivity contribution in [2.24, 2.45) is 5.73 Å². The lowest BCUT2D eigenvalue weighted by molar-refractivity contribution is -0.114. The molecular weight excluding hydrogens is 182 g/mol. The van der Waals surface area contributed by atoms with Gasteiger partial charge in [-0.05, 0) is 0 Å². The van der Waals surface area contributed by atoms with E-state index in [2.05, 4.69) is 6.58 Å². The molecule has 0 saturated carbocycles. The van der Waals surface area contributed by atoms with Crippen molar-refractivity contribution in [3.8, 4) is 0 Å². The van der Waals surface area contributed by atoms with Crippen LogP contribution in [-0.4, -0.2) is 5.78 Å². The number of allylic oxidation sites excluding steroid dienone is 1. The highest BCUT2D eigenvalue weighted by Gasteiger charge is 2.07. The van der Waals surface area contributed by atoms with Crippen LogP contribution in [0.5, 0.6) is 0 Å². The van der Waals surface area contributed by atoms with Crippen LogP contribution in [0.1, 0.15) is 13.3 Å². The number of thioether (sulfide) groups is 1. The minimum atomic E-state index is -0.0145. The average Bonchev–Trinajstić information content (AvgIpc) is 1.98. The summed E-state index contributed by atoms with van der Waals surface area (Å²) in [4.78, 5) is 11.5. The number of carbonyl (C=O) groups excluding carboxylic acids is 1. The highest BCUT2D eigenvalue weighted by Crippen LogP contribution is 2.27. The van der Waals surface area contributed by atoms with E-state index in [0.717, 1.165) is 11.8 Å². The van der Waals surface area contributed by atoms with Gasteiger partial charge in [0.25, 0.3) is 0 Å². The fourth-order valence-electron chi connectivity index (χ4n) is 0.477. The number of Topliss-reactive ketones (excluding diaryl/α,β-unsaturated/α-hetero) is 1. The first-order valence-corrected chi connectivity index (χ1v) is 4.28. The smallest absolute Gasteiger partial charge is 0.170 e. The Balaban J connectivity index is 4.20. The number of hydrogen-bond donors (Lipinski definition) is 1. The maximum atomic E-state index is 11.0. The van der Waals surface area contributed by atoms with Crippen LogP contribution in [0.15, 0.2) is 22.0 Å². The van der Waals surface area contributed by atoms with Crippen molar-refractivity contribution < 1.29 is 4.79 Å². The van der Waals surface area contributed by atoms with Crippen LogP contribution in [0.4, 0.5) is 0 Å². The van der Waals surface area contributed by atoms with E-state index in [9.17, 15) is 4.79 Å². The minimum Gasteiger partial charge on any atom is -0.404 e. The molecule has 11 heavy (non-hydrogen) atoms. The third-order valence-corrected chi connectivity index (χ3v) is 2.00. The summed E-state index contributed by atoms with van der Waals surface area (Å²) in [5.74, 6) is -0.0145. The Labute approximate surface area is 75.5 Å². The van der Waals surface area contributed by atoms with E-state index < -0.39 is 0 Å². The van der Waals surface area contributed by atoms with E-state index in [1.165, 1.54) is 6.20 Å². The molecule has 0 saturated heterocycles. The zero-order valence-electron chi connectivity index (χ0n) is 6.26. The molecule has 0 bridgehead atoms. The number of nitrogens with two attached hydrogens (primary N) is 1. The summed E-state index contributed by atoms with van der Waals surface area (Å²) in [6.45, 7) is 5.21. The Hall–Kier alpha value is -0.410. The summed E-state index contributed by atoms with van der Waals surface area (Å²) in [5, 5.41) is 0. The van der Waals surface area contributed by atoms with Crippen molar-refractivity contribution >= 4 is 29.1 Å². The lowest BCUT2D eigenvalue weighted by atomic mass is 10.3. The minimum absolute atomic E-state index is 0.0145. The largest absolute Gasteiger partial charge is 0.404 e. The van der Waals surface area contributed by atoms with E-state index in [1.54, 1.807) is 6.92 Å². The van der Waals surface area contributed by atoms with E-state index in [4.69, 9.17) is 17.3 Å². The van der Waals surface area contributed by atoms with Gasteiger partial charge in [-0.25, -0.2) is 0 Å². The van der Waals surface area contributed by atoms with E-state index in [-0.39, 0.29) is 5.78 Å². The van der Waals surface area contributed by atoms with Crippen LogP contribution in [0.2, 0.25) is 0 Å². The van der Waals surface area contributed by atoms with E-state index in [0.29, 0.717) is 15.7 Å². The highest BCUT2D eigenvalue weighted by molar-refractivity contribution is 8.08. The molecule has 0 unspecified atom stereocenters. The molecule has 4 heteroatoms. The van der Waals surface area contributed by atoms with Gasteiger partial charge in [-0.3, -0.25) is 4.79 Å². The van der Waals surface area contributed by atoms with Gasteiger partial charge < -0.3 is 5.73 Å². The Bertz CT molecular complexity index is 201. The normalized spacial score (nSPS) is 11.3. The zero-order chi connectivity index (χ0) is 8.85. The molecule has 0 aliphatic carbocycles. The Morgan fingerprint density at radius 2 is 2.36 bits per heavy atom. The number of ketones is 1. The van der Waals surface area contributed by atoms with E-state index >= 15 is 0 Å². The van der Waals surface area contributed by atoms with Gasteiger partial charge in [-0.1, -0.05) is 36.9 Å². The first-order chi connectivity index (χ1) is 5.11. The maximum absolute atomic E-state index is 11.0. The summed E-state index contributed by atoms with van der Waals surface area (Å²) in [6, 6.07) is 0. The number of carbonyl (C=O) groups is 1. The summed E-state index contributed by atoms with van der Waals surface area (Å²) >= 11 is 6.56. The van der Waals surface area contributed by atoms with Crippen molar-refractivity contribution in [3.05, 3.63) is 22.0 Å². The van der Waals surface area contributed by atoms with Crippen LogP contribution >= 0.6 is 23.4 Å². The predicted molar refractivity (Wildman–Crippen MR) is 50.2 cm³/mol. The molecule has 0 amide bonds. The predicted octanol–water partition coefficient (Wildman–Crippen LogP) is 2.21. The third kappa shape index (κ3) is 4.11. The average molecular weight is 192 g/mol. The molecule has 0 fully saturated rings. The number of hydrogen-bond acceptors (Lipinski definition) is 3. The fraction of sp³-hybridized carbons (Fsp3) is 0.286. The van der Waals surface area contributed by atoms with Crippen molar-refractivity contribution in [3.63, 3.8) is 0 Å². The van der Waals surface area contributed by atoms with Crippen LogP contribution in [0, 0.1) is 0 Å². The van der Waals surface area contributed by atoms with Gasteiger partial charge in [0.2, 0.25) is 0 Å². The first kappa shape index (κ1) is 10.6. The van der Waals surface area contributed by atoms with Gasteiger partial charge in [0, 0.05) is 12.6 Å². The third-order valence-electron chi connectivity index (χ3n) is 0.968. The number of rotatable bonds is 4. The van der Waals surface area contributed by atoms with Crippen molar-refractivity contribution in [2.45, 2.75) is 13.3 Å². The quantitative estimate of drug-likeness (QED) is 0.693. The van der Waals surface area contributed by atoms with Crippen LogP contribution in [0.25, 0.3) is 0 Å². The molecule has 2 N–H and O–H groups in total. The molecule has 0 rings (SSSR count). The van der Waals surface area contributed by atoms with Gasteiger partial charge in [0.1, 0.15) is 0 Å². The van der Waals surface area contributed by atoms with Crippen molar-refractivity contribution in [2.75, 3.05) is 0 Å². The van der Waals surface area contributed by atoms with E-state index in [1.807, 2.05) is 0 Å². The molecule has 0 aliphatic heterocycles. The summed E-state index contributed by atoms with van der Waals surface area (Å²) in [6.07, 6.45) is 1.68. The highest BCUT2D eigenvalue weighted by atomic mass is 35.5. The van der Waals surface area contributed by atoms with Gasteiger partial charge in [-0.2, -0.15) is 0 Å². The Morgan fingerprint density at radius 3 is 2.64 bits per heavy atom. The fourth-order valence-corrected chi connectivity index (χ4v) is 1.29. The van der Waals surface area contributed by atoms with Gasteiger partial charge in [-0.15, -0.1) is 0 Å². The monoisotopic (exact) mass is 191 g/mol. The molecule has 0 radical (unpaired) electrons. The van der Waals surface area contributed by atoms with Gasteiger partial charge in [0.15, 0.2) is 5.78 Å². The van der Waals surface area contributed by atoms with Crippen LogP contribution in [0.3, 0.4) is 0 Å². The molecular formula is C7H10ClNOS. The Morgan fingerprint density at radius 1 is 1.82 bits per heavy atom. The summed E-state index contributed by atoms with van der Waals surface area (Å²) < 4.78 is 0.350. The summed E-state index contributed by atoms with van der Waals surface area (Å²) in [5.41, 5.74) is 5.19. The molecule has 0 aromatic rings. The SMILES string of the molecule is C=C(Cl)S/C(=C\N)C(=O)CC.